The first-order valence-corrected chi connectivity index (χ1v) is 12.7. The van der Waals surface area contributed by atoms with Gasteiger partial charge in [-0.2, -0.15) is 5.26 Å². The van der Waals surface area contributed by atoms with Crippen LogP contribution < -0.4 is 5.32 Å². The highest BCUT2D eigenvalue weighted by molar-refractivity contribution is 5.94. The molecule has 3 fully saturated rings. The van der Waals surface area contributed by atoms with Crippen molar-refractivity contribution in [1.29, 1.82) is 5.26 Å². The van der Waals surface area contributed by atoms with E-state index in [0.29, 0.717) is 35.5 Å². The second-order valence-corrected chi connectivity index (χ2v) is 11.3. The molecule has 1 aliphatic heterocycles. The summed E-state index contributed by atoms with van der Waals surface area (Å²) in [6.45, 7) is 9.17. The molecule has 0 aromatic heterocycles. The maximum atomic E-state index is 13.5. The molecule has 1 N–H and O–H groups in total. The van der Waals surface area contributed by atoms with Gasteiger partial charge in [-0.15, -0.1) is 6.58 Å². The Labute approximate surface area is 202 Å². The largest absolute Gasteiger partial charge is 0.332 e. The molecule has 1 aromatic carbocycles. The summed E-state index contributed by atoms with van der Waals surface area (Å²) in [5, 5.41) is 12.5. The van der Waals surface area contributed by atoms with Crippen LogP contribution in [0.1, 0.15) is 57.9 Å². The molecule has 1 aromatic rings. The SMILES string of the molecule is C=CCN1C(=O)C=C[C@@]2(C)C1CC[C@@H]1[C@H]2CC[C@]2(C)C(C(=O)Nc3ccccc3C#N)CC[C@@H]12. The van der Waals surface area contributed by atoms with Crippen LogP contribution in [0, 0.1) is 45.8 Å². The number of nitrogens with one attached hydrogen (secondary N) is 1. The van der Waals surface area contributed by atoms with E-state index in [1.165, 1.54) is 0 Å². The molecule has 0 spiro atoms. The van der Waals surface area contributed by atoms with Crippen LogP contribution in [0.2, 0.25) is 0 Å². The summed E-state index contributed by atoms with van der Waals surface area (Å²) >= 11 is 0. The van der Waals surface area contributed by atoms with E-state index < -0.39 is 0 Å². The first kappa shape index (κ1) is 22.9. The number of hydrogen-bond donors (Lipinski definition) is 1. The number of carbonyl (C=O) groups is 2. The Bertz CT molecular complexity index is 1090. The number of nitrogens with zero attached hydrogens (tertiary/aromatic N) is 2. The molecule has 5 nitrogen and oxygen atoms in total. The van der Waals surface area contributed by atoms with Gasteiger partial charge in [0.2, 0.25) is 11.8 Å². The van der Waals surface area contributed by atoms with Crippen molar-refractivity contribution in [2.75, 3.05) is 11.9 Å². The monoisotopic (exact) mass is 457 g/mol. The molecule has 2 amide bonds. The molecule has 5 rings (SSSR count). The molecular formula is C29H35N3O2. The lowest BCUT2D eigenvalue weighted by Crippen LogP contribution is -2.60. The van der Waals surface area contributed by atoms with Crippen molar-refractivity contribution >= 4 is 17.5 Å². The fourth-order valence-electron chi connectivity index (χ4n) is 8.29. The van der Waals surface area contributed by atoms with Crippen LogP contribution in [0.25, 0.3) is 0 Å². The molecule has 1 heterocycles. The summed E-state index contributed by atoms with van der Waals surface area (Å²) in [7, 11) is 0. The van der Waals surface area contributed by atoms with Gasteiger partial charge in [-0.25, -0.2) is 0 Å². The number of benzene rings is 1. The highest BCUT2D eigenvalue weighted by Gasteiger charge is 2.61. The minimum absolute atomic E-state index is 0.0206. The van der Waals surface area contributed by atoms with Crippen molar-refractivity contribution in [1.82, 2.24) is 4.90 Å². The third-order valence-corrected chi connectivity index (χ3v) is 9.92. The highest BCUT2D eigenvalue weighted by atomic mass is 16.2. The molecule has 3 aliphatic carbocycles. The number of anilines is 1. The van der Waals surface area contributed by atoms with Crippen LogP contribution in [0.4, 0.5) is 5.69 Å². The lowest BCUT2D eigenvalue weighted by atomic mass is 9.47. The Balaban J connectivity index is 1.38. The van der Waals surface area contributed by atoms with Crippen LogP contribution in [-0.2, 0) is 9.59 Å². The van der Waals surface area contributed by atoms with Gasteiger partial charge in [-0.3, -0.25) is 9.59 Å². The minimum atomic E-state index is -0.0310. The lowest BCUT2D eigenvalue weighted by Gasteiger charge is -2.60. The molecule has 0 radical (unpaired) electrons. The Kier molecular flexibility index (Phi) is 5.67. The number of carbonyl (C=O) groups excluding carboxylic acids is 2. The van der Waals surface area contributed by atoms with Gasteiger partial charge in [0.05, 0.1) is 11.3 Å². The van der Waals surface area contributed by atoms with Crippen molar-refractivity contribution in [2.45, 2.75) is 58.4 Å². The maximum Gasteiger partial charge on any atom is 0.246 e. The first-order valence-electron chi connectivity index (χ1n) is 12.7. The molecule has 34 heavy (non-hydrogen) atoms. The third kappa shape index (κ3) is 3.34. The Morgan fingerprint density at radius 1 is 1.21 bits per heavy atom. The summed E-state index contributed by atoms with van der Waals surface area (Å²) in [5.41, 5.74) is 1.08. The quantitative estimate of drug-likeness (QED) is 0.623. The molecule has 0 saturated heterocycles. The average molecular weight is 458 g/mol. The van der Waals surface area contributed by atoms with Gasteiger partial charge in [0.15, 0.2) is 0 Å². The molecule has 5 heteroatoms. The standard InChI is InChI=1S/C29H35N3O2/c1-4-17-32-25-12-9-20-21-10-11-23(27(34)31-24-8-6-5-7-19(24)18-30)28(21,2)15-13-22(20)29(25,3)16-14-26(32)33/h4-8,14,16,20-23,25H,1,9-13,15,17H2,2-3H3,(H,31,34)/t20-,21-,22+,23?,25?,28-,29+/m0/s1. The number of fused-ring (bicyclic) bond motifs is 5. The molecule has 0 bridgehead atoms. The number of nitriles is 1. The van der Waals surface area contributed by atoms with Gasteiger partial charge < -0.3 is 10.2 Å². The van der Waals surface area contributed by atoms with Crippen molar-refractivity contribution in [3.05, 3.63) is 54.6 Å². The average Bonchev–Trinajstić information content (AvgIpc) is 3.19. The molecule has 7 atom stereocenters. The maximum absolute atomic E-state index is 13.5. The van der Waals surface area contributed by atoms with Crippen LogP contribution >= 0.6 is 0 Å². The minimum Gasteiger partial charge on any atom is -0.332 e. The van der Waals surface area contributed by atoms with Crippen molar-refractivity contribution in [3.63, 3.8) is 0 Å². The van der Waals surface area contributed by atoms with E-state index in [4.69, 9.17) is 0 Å². The normalized spacial score (nSPS) is 38.3. The lowest BCUT2D eigenvalue weighted by molar-refractivity contribution is -0.142. The van der Waals surface area contributed by atoms with Gasteiger partial charge in [-0.05, 0) is 79.9 Å². The van der Waals surface area contributed by atoms with E-state index in [1.807, 2.05) is 29.2 Å². The first-order chi connectivity index (χ1) is 16.3. The summed E-state index contributed by atoms with van der Waals surface area (Å²) < 4.78 is 0. The number of hydrogen-bond acceptors (Lipinski definition) is 3. The van der Waals surface area contributed by atoms with E-state index >= 15 is 0 Å². The van der Waals surface area contributed by atoms with Gasteiger partial charge >= 0.3 is 0 Å². The molecule has 3 saturated carbocycles. The zero-order valence-corrected chi connectivity index (χ0v) is 20.3. The van der Waals surface area contributed by atoms with Crippen LogP contribution in [-0.4, -0.2) is 29.3 Å². The van der Waals surface area contributed by atoms with Crippen LogP contribution in [0.3, 0.4) is 0 Å². The molecule has 178 valence electrons. The fraction of sp³-hybridized carbons (Fsp3) is 0.552. The molecular weight excluding hydrogens is 422 g/mol. The van der Waals surface area contributed by atoms with Crippen LogP contribution in [0.5, 0.6) is 0 Å². The predicted octanol–water partition coefficient (Wildman–Crippen LogP) is 5.31. The zero-order chi connectivity index (χ0) is 24.1. The Hall–Kier alpha value is -2.87. The topological polar surface area (TPSA) is 73.2 Å². The van der Waals surface area contributed by atoms with Gasteiger partial charge in [0.25, 0.3) is 0 Å². The van der Waals surface area contributed by atoms with E-state index in [1.54, 1.807) is 12.1 Å². The molecule has 2 unspecified atom stereocenters. The Morgan fingerprint density at radius 3 is 2.76 bits per heavy atom. The van der Waals surface area contributed by atoms with Crippen molar-refractivity contribution < 1.29 is 9.59 Å². The van der Waals surface area contributed by atoms with E-state index in [0.717, 1.165) is 38.5 Å². The van der Waals surface area contributed by atoms with E-state index in [-0.39, 0.29) is 34.6 Å². The summed E-state index contributed by atoms with van der Waals surface area (Å²) in [6.07, 6.45) is 12.1. The van der Waals surface area contributed by atoms with Gasteiger partial charge in [0, 0.05) is 23.9 Å². The number of rotatable bonds is 4. The smallest absolute Gasteiger partial charge is 0.246 e. The second-order valence-electron chi connectivity index (χ2n) is 11.3. The van der Waals surface area contributed by atoms with Crippen molar-refractivity contribution in [3.8, 4) is 6.07 Å². The van der Waals surface area contributed by atoms with Crippen molar-refractivity contribution in [2.24, 2.45) is 34.5 Å². The summed E-state index contributed by atoms with van der Waals surface area (Å²) in [6, 6.07) is 9.66. The summed E-state index contributed by atoms with van der Waals surface area (Å²) in [4.78, 5) is 28.1. The van der Waals surface area contributed by atoms with E-state index in [9.17, 15) is 14.9 Å². The van der Waals surface area contributed by atoms with Crippen LogP contribution in [0.15, 0.2) is 49.1 Å². The number of para-hydroxylation sites is 1. The number of amides is 2. The zero-order valence-electron chi connectivity index (χ0n) is 20.3. The highest BCUT2D eigenvalue weighted by Crippen LogP contribution is 2.65. The van der Waals surface area contributed by atoms with Gasteiger partial charge in [0.1, 0.15) is 6.07 Å². The third-order valence-electron chi connectivity index (χ3n) is 9.92. The second kappa shape index (κ2) is 8.41. The predicted molar refractivity (Wildman–Crippen MR) is 133 cm³/mol. The summed E-state index contributed by atoms with van der Waals surface area (Å²) in [5.74, 6) is 1.76. The molecule has 4 aliphatic rings. The van der Waals surface area contributed by atoms with E-state index in [2.05, 4.69) is 37.9 Å². The Morgan fingerprint density at radius 2 is 2.00 bits per heavy atom. The van der Waals surface area contributed by atoms with Gasteiger partial charge in [-0.1, -0.05) is 38.1 Å². The fourth-order valence-corrected chi connectivity index (χ4v) is 8.29.